The molecule has 2 aliphatic rings. The van der Waals surface area contributed by atoms with Gasteiger partial charge in [0.2, 0.25) is 5.43 Å². The summed E-state index contributed by atoms with van der Waals surface area (Å²) in [4.78, 5) is 12.1. The molecule has 3 rings (SSSR count). The van der Waals surface area contributed by atoms with Crippen LogP contribution in [-0.2, 0) is 0 Å². The quantitative estimate of drug-likeness (QED) is 0.263. The van der Waals surface area contributed by atoms with Gasteiger partial charge in [0, 0.05) is 8.96 Å². The van der Waals surface area contributed by atoms with Crippen LogP contribution in [0.5, 0.6) is 5.75 Å². The van der Waals surface area contributed by atoms with E-state index in [4.69, 9.17) is 4.42 Å². The van der Waals surface area contributed by atoms with Crippen molar-refractivity contribution in [2.24, 2.45) is 0 Å². The molecule has 0 fully saturated rings. The summed E-state index contributed by atoms with van der Waals surface area (Å²) < 4.78 is 8.84. The van der Waals surface area contributed by atoms with Gasteiger partial charge in [-0.2, -0.15) is 0 Å². The lowest BCUT2D eigenvalue weighted by Crippen LogP contribution is -2.12. The molecule has 0 saturated heterocycles. The molecule has 0 radical (unpaired) electrons. The number of fused-ring (bicyclic) bond motifs is 2. The van der Waals surface area contributed by atoms with E-state index in [0.29, 0.717) is 18.5 Å². The van der Waals surface area contributed by atoms with Crippen molar-refractivity contribution in [1.82, 2.24) is 0 Å². The first-order valence-electron chi connectivity index (χ1n) is 5.33. The minimum atomic E-state index is -0.195. The van der Waals surface area contributed by atoms with E-state index < -0.39 is 0 Å². The Morgan fingerprint density at radius 1 is 1.00 bits per heavy atom. The van der Waals surface area contributed by atoms with E-state index in [0.717, 1.165) is 18.1 Å². The van der Waals surface area contributed by atoms with Crippen molar-refractivity contribution in [3.8, 4) is 17.1 Å². The van der Waals surface area contributed by atoms with Gasteiger partial charge in [-0.1, -0.05) is 6.07 Å². The van der Waals surface area contributed by atoms with Crippen LogP contribution < -0.4 is 5.43 Å². The highest BCUT2D eigenvalue weighted by atomic mass is 127. The highest BCUT2D eigenvalue weighted by Crippen LogP contribution is 2.40. The summed E-state index contributed by atoms with van der Waals surface area (Å²) in [6.45, 7) is 0. The van der Waals surface area contributed by atoms with Crippen LogP contribution in [0.1, 0.15) is 0 Å². The van der Waals surface area contributed by atoms with E-state index in [1.54, 1.807) is 0 Å². The number of phenolic OH excluding ortho intramolecular Hbond substituents is 1. The Kier molecular flexibility index (Phi) is 4.41. The molecule has 0 atom stereocenters. The van der Waals surface area contributed by atoms with Crippen molar-refractivity contribution in [3.05, 3.63) is 42.7 Å². The lowest BCUT2D eigenvalue weighted by atomic mass is 10.1. The molecule has 0 aromatic heterocycles. The Hall–Kier alpha value is 0.630. The molecule has 1 heterocycles. The zero-order chi connectivity index (χ0) is 14.6. The van der Waals surface area contributed by atoms with E-state index in [2.05, 4.69) is 45.2 Å². The zero-order valence-corrected chi connectivity index (χ0v) is 18.1. The van der Waals surface area contributed by atoms with Gasteiger partial charge in [-0.15, -0.1) is 0 Å². The monoisotopic (exact) mass is 716 g/mol. The number of rotatable bonds is 0. The fourth-order valence-electron chi connectivity index (χ4n) is 1.91. The largest absolute Gasteiger partial charge is 0.506 e. The van der Waals surface area contributed by atoms with Crippen molar-refractivity contribution in [3.63, 3.8) is 0 Å². The maximum absolute atomic E-state index is 12.1. The number of hydrogen-bond donors (Lipinski definition) is 1. The minimum Gasteiger partial charge on any atom is -0.506 e. The van der Waals surface area contributed by atoms with Gasteiger partial charge in [0.1, 0.15) is 18.5 Å². The molecule has 0 amide bonds. The molecule has 1 aromatic carbocycles. The van der Waals surface area contributed by atoms with Crippen molar-refractivity contribution in [2.75, 3.05) is 0 Å². The van der Waals surface area contributed by atoms with Gasteiger partial charge in [-0.25, -0.2) is 0 Å². The maximum atomic E-state index is 12.1. The van der Waals surface area contributed by atoms with E-state index in [1.165, 1.54) is 0 Å². The van der Waals surface area contributed by atoms with E-state index in [1.807, 2.05) is 63.4 Å². The van der Waals surface area contributed by atoms with E-state index >= 15 is 0 Å². The second-order valence-electron chi connectivity index (χ2n) is 4.07. The lowest BCUT2D eigenvalue weighted by Gasteiger charge is -2.13. The van der Waals surface area contributed by atoms with Gasteiger partial charge < -0.3 is 9.52 Å². The Morgan fingerprint density at radius 2 is 1.70 bits per heavy atom. The molecule has 20 heavy (non-hydrogen) atoms. The van der Waals surface area contributed by atoms with Gasteiger partial charge in [0.25, 0.3) is 0 Å². The minimum absolute atomic E-state index is 0.00905. The molecule has 102 valence electrons. The summed E-state index contributed by atoms with van der Waals surface area (Å²) >= 11 is 8.31. The predicted molar refractivity (Wildman–Crippen MR) is 112 cm³/mol. The van der Waals surface area contributed by atoms with Crippen LogP contribution in [0.2, 0.25) is 0 Å². The second-order valence-corrected chi connectivity index (χ2v) is 8.47. The van der Waals surface area contributed by atoms with Crippen molar-refractivity contribution < 1.29 is 9.52 Å². The van der Waals surface area contributed by atoms with Crippen molar-refractivity contribution >= 4 is 101 Å². The highest BCUT2D eigenvalue weighted by molar-refractivity contribution is 14.1. The lowest BCUT2D eigenvalue weighted by molar-refractivity contribution is 0.468. The van der Waals surface area contributed by atoms with Crippen LogP contribution in [0.25, 0.3) is 22.3 Å². The number of benzene rings is 2. The van der Waals surface area contributed by atoms with Crippen LogP contribution in [0, 0.1) is 14.3 Å². The fourth-order valence-corrected chi connectivity index (χ4v) is 4.68. The van der Waals surface area contributed by atoms with E-state index in [9.17, 15) is 9.90 Å². The Bertz CT molecular complexity index is 885. The molecule has 3 nitrogen and oxygen atoms in total. The third-order valence-electron chi connectivity index (χ3n) is 2.89. The molecule has 0 saturated carbocycles. The van der Waals surface area contributed by atoms with Gasteiger partial charge in [0.15, 0.2) is 5.76 Å². The summed E-state index contributed by atoms with van der Waals surface area (Å²) in [7, 11) is 0. The molecule has 0 unspecified atom stereocenters. The van der Waals surface area contributed by atoms with Crippen molar-refractivity contribution in [1.29, 1.82) is 0 Å². The molecule has 1 aliphatic carbocycles. The van der Waals surface area contributed by atoms with Crippen molar-refractivity contribution in [2.45, 2.75) is 0 Å². The standard InChI is InChI=1S/C13H4I4O3/c14-6-2-1-4-3-5-10(18)8(16)11(19)9(17)13(5)20-12(4)7(6)15/h1-3,18H. The van der Waals surface area contributed by atoms with Gasteiger partial charge in [-0.05, 0) is 102 Å². The summed E-state index contributed by atoms with van der Waals surface area (Å²) in [5.74, 6) is 0.436. The summed E-state index contributed by atoms with van der Waals surface area (Å²) in [6, 6.07) is 5.82. The number of phenols is 1. The Balaban J connectivity index is 2.59. The third-order valence-corrected chi connectivity index (χ3v) is 7.87. The molecule has 1 aromatic rings. The van der Waals surface area contributed by atoms with Crippen LogP contribution in [0.3, 0.4) is 0 Å². The summed E-state index contributed by atoms with van der Waals surface area (Å²) in [5, 5.41) is 11.1. The molecular formula is C13H4I4O3. The van der Waals surface area contributed by atoms with Gasteiger partial charge >= 0.3 is 0 Å². The molecule has 1 aliphatic heterocycles. The van der Waals surface area contributed by atoms with Crippen LogP contribution in [-0.4, -0.2) is 5.11 Å². The number of halogens is 4. The third kappa shape index (κ3) is 2.35. The first-order chi connectivity index (χ1) is 9.41. The average molecular weight is 716 g/mol. The second kappa shape index (κ2) is 5.68. The van der Waals surface area contributed by atoms with E-state index in [-0.39, 0.29) is 11.2 Å². The smallest absolute Gasteiger partial charge is 0.212 e. The average Bonchev–Trinajstić information content (AvgIpc) is 2.45. The highest BCUT2D eigenvalue weighted by Gasteiger charge is 2.23. The zero-order valence-electron chi connectivity index (χ0n) is 9.51. The number of aromatic hydroxyl groups is 1. The number of hydrogen-bond acceptors (Lipinski definition) is 3. The SMILES string of the molecule is O=c1c(I)c2oc3c(I)c(I)ccc3cc-2c(O)c1I. The first-order valence-corrected chi connectivity index (χ1v) is 9.64. The Morgan fingerprint density at radius 3 is 2.40 bits per heavy atom. The van der Waals surface area contributed by atoms with Crippen LogP contribution in [0.15, 0.2) is 27.4 Å². The van der Waals surface area contributed by atoms with Crippen LogP contribution >= 0.6 is 90.4 Å². The summed E-state index contributed by atoms with van der Waals surface area (Å²) in [6.07, 6.45) is 0. The Labute approximate surface area is 168 Å². The molecule has 7 heteroatoms. The van der Waals surface area contributed by atoms with Gasteiger partial charge in [0.05, 0.1) is 9.13 Å². The molecular weight excluding hydrogens is 712 g/mol. The predicted octanol–water partition coefficient (Wildman–Crippen LogP) is 5.02. The topological polar surface area (TPSA) is 50.4 Å². The molecule has 0 spiro atoms. The first kappa shape index (κ1) is 15.5. The fraction of sp³-hybridized carbons (Fsp3) is 0. The molecule has 0 bridgehead atoms. The molecule has 1 N–H and O–H groups in total. The summed E-state index contributed by atoms with van der Waals surface area (Å²) in [5.41, 5.74) is 1.12. The van der Waals surface area contributed by atoms with Gasteiger partial charge in [-0.3, -0.25) is 4.79 Å². The maximum Gasteiger partial charge on any atom is 0.212 e. The normalized spacial score (nSPS) is 11.4. The van der Waals surface area contributed by atoms with Crippen LogP contribution in [0.4, 0.5) is 0 Å².